The molecular formula is C9H15NO. The maximum atomic E-state index is 5.86. The summed E-state index contributed by atoms with van der Waals surface area (Å²) in [5, 5.41) is 0. The molecule has 0 unspecified atom stereocenters. The molecule has 1 rings (SSSR count). The van der Waals surface area contributed by atoms with Crippen LogP contribution in [-0.2, 0) is 12.0 Å². The molecule has 0 radical (unpaired) electrons. The van der Waals surface area contributed by atoms with Gasteiger partial charge in [0, 0.05) is 17.5 Å². The van der Waals surface area contributed by atoms with Crippen LogP contribution in [0.1, 0.15) is 32.1 Å². The average molecular weight is 153 g/mol. The van der Waals surface area contributed by atoms with Crippen LogP contribution in [0.25, 0.3) is 0 Å². The predicted octanol–water partition coefficient (Wildman–Crippen LogP) is 2.04. The van der Waals surface area contributed by atoms with E-state index in [4.69, 9.17) is 10.2 Å². The second kappa shape index (κ2) is 2.70. The van der Waals surface area contributed by atoms with Crippen LogP contribution >= 0.6 is 0 Å². The zero-order chi connectivity index (χ0) is 8.48. The number of nitrogens with two attached hydrogens (primary N) is 1. The van der Waals surface area contributed by atoms with E-state index in [1.54, 1.807) is 6.26 Å². The fourth-order valence-electron chi connectivity index (χ4n) is 0.904. The van der Waals surface area contributed by atoms with Crippen molar-refractivity contribution in [2.24, 2.45) is 5.73 Å². The van der Waals surface area contributed by atoms with Crippen LogP contribution in [0.5, 0.6) is 0 Å². The van der Waals surface area contributed by atoms with Crippen molar-refractivity contribution in [1.82, 2.24) is 0 Å². The Labute approximate surface area is 67.4 Å². The van der Waals surface area contributed by atoms with Crippen molar-refractivity contribution in [3.05, 3.63) is 23.7 Å². The van der Waals surface area contributed by atoms with Crippen molar-refractivity contribution >= 4 is 0 Å². The average Bonchev–Trinajstić information content (AvgIpc) is 2.32. The molecule has 0 spiro atoms. The third kappa shape index (κ3) is 1.84. The third-order valence-electron chi connectivity index (χ3n) is 1.75. The first-order valence-electron chi connectivity index (χ1n) is 3.91. The summed E-state index contributed by atoms with van der Waals surface area (Å²) in [6, 6.07) is 2.01. The minimum atomic E-state index is -0.281. The van der Waals surface area contributed by atoms with Gasteiger partial charge < -0.3 is 10.2 Å². The highest BCUT2D eigenvalue weighted by Gasteiger charge is 2.16. The van der Waals surface area contributed by atoms with E-state index in [2.05, 4.69) is 6.92 Å². The molecule has 0 saturated carbocycles. The van der Waals surface area contributed by atoms with Gasteiger partial charge in [0.2, 0.25) is 0 Å². The standard InChI is InChI=1S/C9H15NO/c1-4-8-5-7(6-11-8)9(2,3)10/h5-6H,4,10H2,1-3H3. The Morgan fingerprint density at radius 3 is 2.45 bits per heavy atom. The zero-order valence-corrected chi connectivity index (χ0v) is 7.35. The normalized spacial score (nSPS) is 12.0. The molecule has 0 atom stereocenters. The molecule has 0 aliphatic rings. The molecule has 0 aliphatic heterocycles. The first-order chi connectivity index (χ1) is 5.04. The lowest BCUT2D eigenvalue weighted by Crippen LogP contribution is -2.27. The predicted molar refractivity (Wildman–Crippen MR) is 45.3 cm³/mol. The zero-order valence-electron chi connectivity index (χ0n) is 7.35. The van der Waals surface area contributed by atoms with Crippen LogP contribution in [0, 0.1) is 0 Å². The quantitative estimate of drug-likeness (QED) is 0.706. The van der Waals surface area contributed by atoms with Gasteiger partial charge in [-0.1, -0.05) is 6.92 Å². The molecule has 0 bridgehead atoms. The van der Waals surface area contributed by atoms with Crippen LogP contribution in [0.2, 0.25) is 0 Å². The van der Waals surface area contributed by atoms with Crippen molar-refractivity contribution in [2.45, 2.75) is 32.7 Å². The molecule has 11 heavy (non-hydrogen) atoms. The van der Waals surface area contributed by atoms with E-state index in [1.165, 1.54) is 0 Å². The number of hydrogen-bond acceptors (Lipinski definition) is 2. The van der Waals surface area contributed by atoms with E-state index >= 15 is 0 Å². The second-order valence-electron chi connectivity index (χ2n) is 3.38. The Morgan fingerprint density at radius 1 is 1.55 bits per heavy atom. The molecule has 2 nitrogen and oxygen atoms in total. The van der Waals surface area contributed by atoms with Gasteiger partial charge in [-0.2, -0.15) is 0 Å². The Balaban J connectivity index is 2.89. The number of rotatable bonds is 2. The first-order valence-corrected chi connectivity index (χ1v) is 3.91. The molecule has 1 aromatic rings. The van der Waals surface area contributed by atoms with Crippen molar-refractivity contribution < 1.29 is 4.42 Å². The van der Waals surface area contributed by atoms with E-state index in [1.807, 2.05) is 19.9 Å². The van der Waals surface area contributed by atoms with E-state index in [-0.39, 0.29) is 5.54 Å². The van der Waals surface area contributed by atoms with Gasteiger partial charge in [0.25, 0.3) is 0 Å². The summed E-state index contributed by atoms with van der Waals surface area (Å²) in [4.78, 5) is 0. The van der Waals surface area contributed by atoms with Gasteiger partial charge >= 0.3 is 0 Å². The summed E-state index contributed by atoms with van der Waals surface area (Å²) in [6.45, 7) is 6.00. The lowest BCUT2D eigenvalue weighted by molar-refractivity contribution is 0.497. The maximum Gasteiger partial charge on any atom is 0.103 e. The molecule has 2 N–H and O–H groups in total. The van der Waals surface area contributed by atoms with Gasteiger partial charge in [0.15, 0.2) is 0 Å². The molecule has 62 valence electrons. The molecule has 0 fully saturated rings. The lowest BCUT2D eigenvalue weighted by Gasteiger charge is -2.14. The number of aryl methyl sites for hydroxylation is 1. The van der Waals surface area contributed by atoms with Crippen LogP contribution in [0.3, 0.4) is 0 Å². The largest absolute Gasteiger partial charge is 0.469 e. The highest BCUT2D eigenvalue weighted by Crippen LogP contribution is 2.19. The third-order valence-corrected chi connectivity index (χ3v) is 1.75. The van der Waals surface area contributed by atoms with E-state index in [0.717, 1.165) is 17.7 Å². The minimum absolute atomic E-state index is 0.281. The lowest BCUT2D eigenvalue weighted by atomic mass is 9.99. The van der Waals surface area contributed by atoms with E-state index < -0.39 is 0 Å². The molecule has 0 aliphatic carbocycles. The summed E-state index contributed by atoms with van der Waals surface area (Å²) in [5.74, 6) is 0.999. The molecule has 1 aromatic heterocycles. The Kier molecular flexibility index (Phi) is 2.05. The number of furan rings is 1. The molecule has 0 aromatic carbocycles. The topological polar surface area (TPSA) is 39.2 Å². The van der Waals surface area contributed by atoms with Crippen molar-refractivity contribution in [2.75, 3.05) is 0 Å². The molecule has 1 heterocycles. The minimum Gasteiger partial charge on any atom is -0.469 e. The summed E-state index contributed by atoms with van der Waals surface area (Å²) in [7, 11) is 0. The van der Waals surface area contributed by atoms with Crippen LogP contribution < -0.4 is 5.73 Å². The molecule has 0 saturated heterocycles. The summed E-state index contributed by atoms with van der Waals surface area (Å²) >= 11 is 0. The summed E-state index contributed by atoms with van der Waals surface area (Å²) < 4.78 is 5.26. The fourth-order valence-corrected chi connectivity index (χ4v) is 0.904. The summed E-state index contributed by atoms with van der Waals surface area (Å²) in [6.07, 6.45) is 2.66. The van der Waals surface area contributed by atoms with Gasteiger partial charge in [-0.05, 0) is 19.9 Å². The first kappa shape index (κ1) is 8.34. The smallest absolute Gasteiger partial charge is 0.103 e. The van der Waals surface area contributed by atoms with Crippen LogP contribution in [-0.4, -0.2) is 0 Å². The van der Waals surface area contributed by atoms with Crippen LogP contribution in [0.4, 0.5) is 0 Å². The molecular weight excluding hydrogens is 138 g/mol. The number of hydrogen-bond donors (Lipinski definition) is 1. The van der Waals surface area contributed by atoms with Gasteiger partial charge in [0.05, 0.1) is 6.26 Å². The fraction of sp³-hybridized carbons (Fsp3) is 0.556. The highest BCUT2D eigenvalue weighted by atomic mass is 16.3. The van der Waals surface area contributed by atoms with Gasteiger partial charge in [-0.3, -0.25) is 0 Å². The maximum absolute atomic E-state index is 5.86. The Morgan fingerprint density at radius 2 is 2.18 bits per heavy atom. The highest BCUT2D eigenvalue weighted by molar-refractivity contribution is 5.20. The summed E-state index contributed by atoms with van der Waals surface area (Å²) in [5.41, 5.74) is 6.65. The Bertz CT molecular complexity index is 232. The van der Waals surface area contributed by atoms with Crippen molar-refractivity contribution in [3.63, 3.8) is 0 Å². The second-order valence-corrected chi connectivity index (χ2v) is 3.38. The van der Waals surface area contributed by atoms with Gasteiger partial charge in [-0.15, -0.1) is 0 Å². The van der Waals surface area contributed by atoms with Gasteiger partial charge in [-0.25, -0.2) is 0 Å². The monoisotopic (exact) mass is 153 g/mol. The van der Waals surface area contributed by atoms with Crippen molar-refractivity contribution in [1.29, 1.82) is 0 Å². The van der Waals surface area contributed by atoms with Crippen molar-refractivity contribution in [3.8, 4) is 0 Å². The van der Waals surface area contributed by atoms with E-state index in [0.29, 0.717) is 0 Å². The van der Waals surface area contributed by atoms with E-state index in [9.17, 15) is 0 Å². The molecule has 0 amide bonds. The van der Waals surface area contributed by atoms with Gasteiger partial charge in [0.1, 0.15) is 5.76 Å². The molecule has 2 heteroatoms. The Hall–Kier alpha value is -0.760. The van der Waals surface area contributed by atoms with Crippen LogP contribution in [0.15, 0.2) is 16.7 Å². The SMILES string of the molecule is CCc1cc(C(C)(C)N)co1.